The van der Waals surface area contributed by atoms with Gasteiger partial charge in [-0.05, 0) is 125 Å². The van der Waals surface area contributed by atoms with Gasteiger partial charge < -0.3 is 50.6 Å². The Morgan fingerprint density at radius 1 is 0.644 bits per heavy atom. The summed E-state index contributed by atoms with van der Waals surface area (Å²) in [7, 11) is 8.05. The summed E-state index contributed by atoms with van der Waals surface area (Å²) >= 11 is 2.85. The molecule has 480 valence electrons. The molecule has 2 unspecified atom stereocenters. The van der Waals surface area contributed by atoms with Crippen LogP contribution in [0.25, 0.3) is 11.1 Å². The molecule has 0 aliphatic carbocycles. The third-order valence-electron chi connectivity index (χ3n) is 13.2. The van der Waals surface area contributed by atoms with Gasteiger partial charge in [0.2, 0.25) is 0 Å². The summed E-state index contributed by atoms with van der Waals surface area (Å²) in [6.07, 6.45) is -7.55. The molecule has 0 aliphatic heterocycles. The van der Waals surface area contributed by atoms with Crippen molar-refractivity contribution in [2.24, 2.45) is 5.73 Å². The van der Waals surface area contributed by atoms with E-state index in [0.29, 0.717) is 34.3 Å². The molecule has 0 amide bonds. The number of carboxylic acid groups (broad SMARTS) is 2. The summed E-state index contributed by atoms with van der Waals surface area (Å²) in [6.45, 7) is -2.31. The maximum Gasteiger partial charge on any atom is 0.416 e. The zero-order valence-corrected chi connectivity index (χ0v) is 50.0. The number of likely N-dealkylation sites (N-methyl/N-ethyl adjacent to an activating group) is 2. The summed E-state index contributed by atoms with van der Waals surface area (Å²) in [5.41, 5.74) is 1.49. The Hall–Kier alpha value is -9.42. The van der Waals surface area contributed by atoms with Gasteiger partial charge in [-0.25, -0.2) is 23.2 Å². The molecule has 0 saturated carbocycles. The molecule has 2 heterocycles. The quantitative estimate of drug-likeness (QED) is 0.0352. The average molecular weight is 1330 g/mol. The molecule has 0 aliphatic rings. The molecule has 20 nitrogen and oxygen atoms in total. The Bertz CT molecular complexity index is 3950. The molecule has 3 atom stereocenters. The maximum absolute atomic E-state index is 14.7. The van der Waals surface area contributed by atoms with Gasteiger partial charge in [0.05, 0.1) is 74.8 Å². The minimum absolute atomic E-state index is 0.00547. The lowest BCUT2D eigenvalue weighted by atomic mass is 10.1. The molecule has 2 aromatic heterocycles. The molecule has 6 aromatic carbocycles. The number of carboxylic acids is 2. The predicted molar refractivity (Wildman–Crippen MR) is 318 cm³/mol. The molecule has 8 aromatic rings. The first-order chi connectivity index (χ1) is 42.6. The molecule has 0 bridgehead atoms. The largest absolute Gasteiger partial charge is 0.497 e. The van der Waals surface area contributed by atoms with Crippen LogP contribution in [0.3, 0.4) is 0 Å². The summed E-state index contributed by atoms with van der Waals surface area (Å²) in [5.74, 6) is -2.13. The van der Waals surface area contributed by atoms with E-state index in [4.69, 9.17) is 40.0 Å². The number of hydrogen-bond acceptors (Lipinski definition) is 14. The summed E-state index contributed by atoms with van der Waals surface area (Å²) < 4.78 is 131. The van der Waals surface area contributed by atoms with Crippen LogP contribution in [0.15, 0.2) is 170 Å². The molecule has 0 spiro atoms. The summed E-state index contributed by atoms with van der Waals surface area (Å²) in [4.78, 5) is 73.2. The number of aliphatic carboxylic acids is 2. The van der Waals surface area contributed by atoms with E-state index in [9.17, 15) is 63.9 Å². The second-order valence-corrected chi connectivity index (χ2v) is 19.8. The van der Waals surface area contributed by atoms with Gasteiger partial charge >= 0.3 is 35.7 Å². The predicted octanol–water partition coefficient (Wildman–Crippen LogP) is 8.55. The van der Waals surface area contributed by atoms with Crippen molar-refractivity contribution in [3.8, 4) is 34.1 Å². The number of nitrogens with zero attached hydrogens (tertiary/aromatic N) is 3. The number of methoxy groups -OCH3 is 3. The third-order valence-corrected chi connectivity index (χ3v) is 13.7. The Balaban J connectivity index is 0.000000252. The van der Waals surface area contributed by atoms with Crippen LogP contribution in [0.5, 0.6) is 23.0 Å². The number of nitrogens with one attached hydrogen (secondary N) is 3. The molecule has 0 saturated heterocycles. The highest BCUT2D eigenvalue weighted by molar-refractivity contribution is 9.10. The highest BCUT2D eigenvalue weighted by Gasteiger charge is 2.36. The molecule has 8 rings (SSSR count). The lowest BCUT2D eigenvalue weighted by Crippen LogP contribution is -2.42. The van der Waals surface area contributed by atoms with Gasteiger partial charge in [0.1, 0.15) is 40.7 Å². The monoisotopic (exact) mass is 1330 g/mol. The number of benzene rings is 6. The van der Waals surface area contributed by atoms with Crippen molar-refractivity contribution in [2.45, 2.75) is 50.1 Å². The number of aromatic amines is 1. The minimum Gasteiger partial charge on any atom is -0.497 e. The number of nitrogens with two attached hydrogens (primary N) is 1. The number of aromatic nitrogens is 4. The number of aliphatic hydroxyl groups excluding tert-OH is 1. The first kappa shape index (κ1) is 71.3. The zero-order valence-electron chi connectivity index (χ0n) is 48.4. The van der Waals surface area contributed by atoms with Gasteiger partial charge in [-0.15, -0.1) is 0 Å². The van der Waals surface area contributed by atoms with E-state index in [-0.39, 0.29) is 35.0 Å². The average Bonchev–Trinajstić information content (AvgIpc) is 0.898. The molecule has 8 N–H and O–H groups in total. The smallest absolute Gasteiger partial charge is 0.416 e. The fourth-order valence-electron chi connectivity index (χ4n) is 8.51. The van der Waals surface area contributed by atoms with E-state index < -0.39 is 112 Å². The van der Waals surface area contributed by atoms with E-state index >= 15 is 0 Å². The zero-order chi connectivity index (χ0) is 66.6. The van der Waals surface area contributed by atoms with Crippen molar-refractivity contribution < 1.29 is 79.0 Å². The van der Waals surface area contributed by atoms with Crippen molar-refractivity contribution in [3.05, 3.63) is 243 Å². The van der Waals surface area contributed by atoms with E-state index in [2.05, 4.69) is 26.6 Å². The minimum atomic E-state index is -4.90. The van der Waals surface area contributed by atoms with E-state index in [0.717, 1.165) is 67.7 Å². The van der Waals surface area contributed by atoms with Crippen LogP contribution in [0.4, 0.5) is 35.1 Å². The van der Waals surface area contributed by atoms with Crippen LogP contribution in [0.2, 0.25) is 0 Å². The van der Waals surface area contributed by atoms with Crippen LogP contribution in [0.1, 0.15) is 57.1 Å². The van der Waals surface area contributed by atoms with Crippen molar-refractivity contribution in [1.82, 2.24) is 29.3 Å². The number of ether oxygens (including phenoxy) is 4. The lowest BCUT2D eigenvalue weighted by molar-refractivity contribution is -0.140. The fraction of sp³-hybridized carbons (Fsp3) is 0.246. The lowest BCUT2D eigenvalue weighted by Gasteiger charge is -2.19. The second-order valence-electron chi connectivity index (χ2n) is 19.0. The van der Waals surface area contributed by atoms with Gasteiger partial charge in [0.25, 0.3) is 11.1 Å². The number of hydrogen-bond donors (Lipinski definition) is 7. The third kappa shape index (κ3) is 19.5. The fourth-order valence-corrected chi connectivity index (χ4v) is 8.86. The van der Waals surface area contributed by atoms with Gasteiger partial charge in [-0.2, -0.15) is 26.3 Å². The van der Waals surface area contributed by atoms with Gasteiger partial charge in [0.15, 0.2) is 6.61 Å². The van der Waals surface area contributed by atoms with Crippen LogP contribution < -0.4 is 57.8 Å². The van der Waals surface area contributed by atoms with Crippen molar-refractivity contribution in [1.29, 1.82) is 0 Å². The number of carbonyl (C=O) groups is 2. The Morgan fingerprint density at radius 3 is 1.60 bits per heavy atom. The highest BCUT2D eigenvalue weighted by atomic mass is 79.9. The van der Waals surface area contributed by atoms with Gasteiger partial charge in [-0.1, -0.05) is 60.7 Å². The van der Waals surface area contributed by atoms with Crippen LogP contribution in [0, 0.1) is 11.6 Å². The standard InChI is InChI=1S/C29H25F4N3O6.C12H7BrF4N2O2.C10H13NO3.C10H15NO2/c1-41-20-5-2-4-18(12-20)21-13-35(14-22-23(29(31,32)33)6-3-7-24(22)30)28(40)36(27(21)39)15-25(34)17-8-10-19(11-9-17)42-16-26(37)38;13-8-5-19(11(21)18-10(8)20)4-6-7(12(15,16)17)2-1-3-9(6)14;1-11-9(10(12)13)7-3-5-8(14-2)6-4-7;1-11-10(7-12)8-3-5-9(13-2)6-4-8/h2-13,25H,14-16,34H2,1H3,(H,37,38);1-3,5H,4H2,(H,18,20,21);3-6,9,11H,1-2H3,(H,12,13);3-6,10-12H,7H2,1-2H3/t;;;10-/m...0/s1. The second kappa shape index (κ2) is 32.7. The first-order valence-corrected chi connectivity index (χ1v) is 27.2. The van der Waals surface area contributed by atoms with Crippen molar-refractivity contribution in [3.63, 3.8) is 0 Å². The Morgan fingerprint density at radius 2 is 1.13 bits per heavy atom. The normalized spacial score (nSPS) is 12.1. The van der Waals surface area contributed by atoms with Gasteiger partial charge in [0, 0.05) is 29.6 Å². The number of H-pyrrole nitrogens is 1. The van der Waals surface area contributed by atoms with E-state index in [1.54, 1.807) is 63.7 Å². The first-order valence-electron chi connectivity index (χ1n) is 26.4. The number of aliphatic hydroxyl groups is 1. The van der Waals surface area contributed by atoms with E-state index in [1.807, 2.05) is 36.3 Å². The van der Waals surface area contributed by atoms with Crippen molar-refractivity contribution in [2.75, 3.05) is 48.6 Å². The van der Waals surface area contributed by atoms with Gasteiger partial charge in [-0.3, -0.25) is 33.1 Å². The topological polar surface area (TPSA) is 281 Å². The van der Waals surface area contributed by atoms with Crippen LogP contribution in [-0.2, 0) is 41.6 Å². The highest BCUT2D eigenvalue weighted by Crippen LogP contribution is 2.35. The molecular formula is C61H60BrF8N7O13. The molecule has 29 heteroatoms. The molecule has 0 radical (unpaired) electrons. The summed E-state index contributed by atoms with van der Waals surface area (Å²) in [5, 5.41) is 32.4. The molecule has 0 fully saturated rings. The van der Waals surface area contributed by atoms with Crippen molar-refractivity contribution >= 4 is 27.9 Å². The summed E-state index contributed by atoms with van der Waals surface area (Å²) in [6, 6.07) is 30.2. The number of alkyl halides is 6. The number of rotatable bonds is 20. The molecule has 90 heavy (non-hydrogen) atoms. The van der Waals surface area contributed by atoms with Crippen LogP contribution >= 0.6 is 15.9 Å². The van der Waals surface area contributed by atoms with Crippen LogP contribution in [-0.4, -0.2) is 94.6 Å². The Labute approximate surface area is 515 Å². The SMILES string of the molecule is CNC(C(=O)O)c1ccc(OC)cc1.CN[C@@H](CO)c1ccc(OC)cc1.COc1cccc(-c2cn(Cc3c(F)cccc3C(F)(F)F)c(=O)n(CC(N)c3ccc(OCC(=O)O)cc3)c2=O)c1.O=c1[nH]c(=O)n(Cc2c(F)cccc2C(F)(F)F)cc1Br. The Kier molecular flexibility index (Phi) is 25.9. The number of halogens is 9. The maximum atomic E-state index is 14.7. The van der Waals surface area contributed by atoms with E-state index in [1.165, 1.54) is 37.4 Å². The molecular weight excluding hydrogens is 1270 g/mol.